The van der Waals surface area contributed by atoms with Gasteiger partial charge in [0.2, 0.25) is 5.91 Å². The van der Waals surface area contributed by atoms with E-state index in [1.807, 2.05) is 13.8 Å². The summed E-state index contributed by atoms with van der Waals surface area (Å²) in [6, 6.07) is 4.82. The number of hydrogen-bond donors (Lipinski definition) is 2. The van der Waals surface area contributed by atoms with Gasteiger partial charge in [-0.15, -0.1) is 0 Å². The van der Waals surface area contributed by atoms with E-state index < -0.39 is 6.10 Å². The second-order valence-corrected chi connectivity index (χ2v) is 4.87. The molecule has 0 aliphatic heterocycles. The van der Waals surface area contributed by atoms with E-state index in [4.69, 9.17) is 0 Å². The van der Waals surface area contributed by atoms with Gasteiger partial charge in [-0.25, -0.2) is 0 Å². The fourth-order valence-corrected chi connectivity index (χ4v) is 1.67. The van der Waals surface area contributed by atoms with Crippen LogP contribution in [0.3, 0.4) is 0 Å². The number of amides is 1. The van der Waals surface area contributed by atoms with Crippen molar-refractivity contribution in [1.29, 1.82) is 0 Å². The predicted octanol–water partition coefficient (Wildman–Crippen LogP) is 0.762. The molecule has 0 aromatic carbocycles. The minimum absolute atomic E-state index is 0.0613. The summed E-state index contributed by atoms with van der Waals surface area (Å²) in [4.78, 5) is 23.0. The Morgan fingerprint density at radius 3 is 2.84 bits per heavy atom. The molecule has 0 spiro atoms. The molecule has 1 rings (SSSR count). The minimum Gasteiger partial charge on any atom is -0.389 e. The lowest BCUT2D eigenvalue weighted by Crippen LogP contribution is -2.36. The van der Waals surface area contributed by atoms with Crippen LogP contribution < -0.4 is 10.9 Å². The summed E-state index contributed by atoms with van der Waals surface area (Å²) < 4.78 is 1.42. The van der Waals surface area contributed by atoms with Crippen LogP contribution in [-0.4, -0.2) is 28.2 Å². The Labute approximate surface area is 113 Å². The summed E-state index contributed by atoms with van der Waals surface area (Å²) in [7, 11) is 0. The fourth-order valence-electron chi connectivity index (χ4n) is 1.67. The van der Waals surface area contributed by atoms with Crippen molar-refractivity contribution in [2.75, 3.05) is 6.54 Å². The molecule has 1 aromatic heterocycles. The number of rotatable bonds is 7. The van der Waals surface area contributed by atoms with Gasteiger partial charge in [-0.05, 0) is 12.0 Å². The molecule has 0 fully saturated rings. The van der Waals surface area contributed by atoms with Crippen LogP contribution in [0.15, 0.2) is 29.2 Å². The summed E-state index contributed by atoms with van der Waals surface area (Å²) in [5, 5.41) is 12.5. The largest absolute Gasteiger partial charge is 0.389 e. The molecule has 1 heterocycles. The standard InChI is InChI=1S/C14H22N2O3/c1-3-11(2)8-13(18)15-9-12(17)10-16-7-5-4-6-14(16)19/h4-7,11-12,17H,3,8-10H2,1-2H3,(H,15,18). The molecule has 0 saturated carbocycles. The number of pyridine rings is 1. The first-order valence-corrected chi connectivity index (χ1v) is 6.63. The van der Waals surface area contributed by atoms with Crippen molar-refractivity contribution in [1.82, 2.24) is 9.88 Å². The lowest BCUT2D eigenvalue weighted by Gasteiger charge is -2.14. The maximum absolute atomic E-state index is 11.5. The topological polar surface area (TPSA) is 71.3 Å². The molecule has 5 nitrogen and oxygen atoms in total. The summed E-state index contributed by atoms with van der Waals surface area (Å²) in [5.74, 6) is 0.280. The third-order valence-electron chi connectivity index (χ3n) is 3.07. The van der Waals surface area contributed by atoms with E-state index in [1.54, 1.807) is 18.3 Å². The van der Waals surface area contributed by atoms with E-state index >= 15 is 0 Å². The molecule has 0 radical (unpaired) electrons. The summed E-state index contributed by atoms with van der Waals surface area (Å²) in [6.07, 6.45) is 2.28. The molecule has 2 atom stereocenters. The van der Waals surface area contributed by atoms with Crippen molar-refractivity contribution in [2.45, 2.75) is 39.3 Å². The highest BCUT2D eigenvalue weighted by Gasteiger charge is 2.10. The second kappa shape index (κ2) is 7.74. The molecule has 106 valence electrons. The normalized spacial score (nSPS) is 13.8. The summed E-state index contributed by atoms with van der Waals surface area (Å²) in [6.45, 7) is 4.40. The van der Waals surface area contributed by atoms with Crippen molar-refractivity contribution in [3.05, 3.63) is 34.7 Å². The monoisotopic (exact) mass is 266 g/mol. The van der Waals surface area contributed by atoms with Crippen molar-refractivity contribution in [3.63, 3.8) is 0 Å². The zero-order chi connectivity index (χ0) is 14.3. The van der Waals surface area contributed by atoms with Crippen LogP contribution in [0.1, 0.15) is 26.7 Å². The SMILES string of the molecule is CCC(C)CC(=O)NCC(O)Cn1ccccc1=O. The van der Waals surface area contributed by atoms with Crippen molar-refractivity contribution < 1.29 is 9.90 Å². The molecular weight excluding hydrogens is 244 g/mol. The molecule has 0 saturated heterocycles. The number of aliphatic hydroxyl groups excluding tert-OH is 1. The zero-order valence-electron chi connectivity index (χ0n) is 11.5. The van der Waals surface area contributed by atoms with Crippen molar-refractivity contribution >= 4 is 5.91 Å². The van der Waals surface area contributed by atoms with Crippen LogP contribution in [0, 0.1) is 5.92 Å². The van der Waals surface area contributed by atoms with Crippen LogP contribution in [-0.2, 0) is 11.3 Å². The Morgan fingerprint density at radius 1 is 1.47 bits per heavy atom. The van der Waals surface area contributed by atoms with Gasteiger partial charge in [0, 0.05) is 25.2 Å². The van der Waals surface area contributed by atoms with E-state index in [0.29, 0.717) is 12.3 Å². The van der Waals surface area contributed by atoms with Gasteiger partial charge in [-0.1, -0.05) is 26.3 Å². The second-order valence-electron chi connectivity index (χ2n) is 4.87. The molecule has 2 N–H and O–H groups in total. The predicted molar refractivity (Wildman–Crippen MR) is 73.8 cm³/mol. The Kier molecular flexibility index (Phi) is 6.29. The quantitative estimate of drug-likeness (QED) is 0.765. The highest BCUT2D eigenvalue weighted by atomic mass is 16.3. The number of hydrogen-bond acceptors (Lipinski definition) is 3. The highest BCUT2D eigenvalue weighted by Crippen LogP contribution is 2.05. The lowest BCUT2D eigenvalue weighted by atomic mass is 10.1. The first-order valence-electron chi connectivity index (χ1n) is 6.63. The average molecular weight is 266 g/mol. The first kappa shape index (κ1) is 15.4. The Balaban J connectivity index is 2.36. The van der Waals surface area contributed by atoms with Crippen LogP contribution in [0.25, 0.3) is 0 Å². The van der Waals surface area contributed by atoms with Gasteiger partial charge in [0.1, 0.15) is 0 Å². The summed E-state index contributed by atoms with van der Waals surface area (Å²) >= 11 is 0. The third kappa shape index (κ3) is 5.70. The van der Waals surface area contributed by atoms with E-state index in [1.165, 1.54) is 10.6 Å². The van der Waals surface area contributed by atoms with Crippen LogP contribution in [0.4, 0.5) is 0 Å². The van der Waals surface area contributed by atoms with Crippen molar-refractivity contribution in [3.8, 4) is 0 Å². The molecular formula is C14H22N2O3. The molecule has 1 amide bonds. The Bertz CT molecular complexity index is 456. The van der Waals surface area contributed by atoms with Gasteiger partial charge in [0.15, 0.2) is 0 Å². The molecule has 0 aliphatic rings. The average Bonchev–Trinajstić information content (AvgIpc) is 2.39. The van der Waals surface area contributed by atoms with Gasteiger partial charge in [-0.2, -0.15) is 0 Å². The van der Waals surface area contributed by atoms with Gasteiger partial charge >= 0.3 is 0 Å². The van der Waals surface area contributed by atoms with Crippen LogP contribution in [0.5, 0.6) is 0 Å². The van der Waals surface area contributed by atoms with E-state index in [-0.39, 0.29) is 24.6 Å². The van der Waals surface area contributed by atoms with Gasteiger partial charge in [0.25, 0.3) is 5.56 Å². The number of carbonyl (C=O) groups excluding carboxylic acids is 1. The van der Waals surface area contributed by atoms with Crippen LogP contribution in [0.2, 0.25) is 0 Å². The summed E-state index contributed by atoms with van der Waals surface area (Å²) in [5.41, 5.74) is -0.160. The zero-order valence-corrected chi connectivity index (χ0v) is 11.5. The van der Waals surface area contributed by atoms with E-state index in [2.05, 4.69) is 5.32 Å². The molecule has 2 unspecified atom stereocenters. The Morgan fingerprint density at radius 2 is 2.21 bits per heavy atom. The highest BCUT2D eigenvalue weighted by molar-refractivity contribution is 5.76. The van der Waals surface area contributed by atoms with Crippen LogP contribution >= 0.6 is 0 Å². The smallest absolute Gasteiger partial charge is 0.250 e. The van der Waals surface area contributed by atoms with Crippen molar-refractivity contribution in [2.24, 2.45) is 5.92 Å². The Hall–Kier alpha value is -1.62. The number of aromatic nitrogens is 1. The van der Waals surface area contributed by atoms with E-state index in [9.17, 15) is 14.7 Å². The molecule has 1 aromatic rings. The maximum Gasteiger partial charge on any atom is 0.250 e. The van der Waals surface area contributed by atoms with E-state index in [0.717, 1.165) is 6.42 Å². The third-order valence-corrected chi connectivity index (χ3v) is 3.07. The first-order chi connectivity index (χ1) is 9.02. The number of nitrogens with zero attached hydrogens (tertiary/aromatic N) is 1. The molecule has 5 heteroatoms. The molecule has 0 bridgehead atoms. The fraction of sp³-hybridized carbons (Fsp3) is 0.571. The minimum atomic E-state index is -0.763. The molecule has 19 heavy (non-hydrogen) atoms. The lowest BCUT2D eigenvalue weighted by molar-refractivity contribution is -0.122. The van der Waals surface area contributed by atoms with Gasteiger partial charge < -0.3 is 15.0 Å². The maximum atomic E-state index is 11.5. The number of nitrogens with one attached hydrogen (secondary N) is 1. The number of aliphatic hydroxyl groups is 1. The molecule has 0 aliphatic carbocycles. The van der Waals surface area contributed by atoms with Gasteiger partial charge in [-0.3, -0.25) is 9.59 Å². The number of carbonyl (C=O) groups is 1. The van der Waals surface area contributed by atoms with Gasteiger partial charge in [0.05, 0.1) is 12.6 Å².